The number of nitro benzene ring substituents is 2. The fraction of sp³-hybridized carbons (Fsp3) is 0.200. The van der Waals surface area contributed by atoms with E-state index in [1.807, 2.05) is 0 Å². The fourth-order valence-electron chi connectivity index (χ4n) is 2.40. The van der Waals surface area contributed by atoms with Gasteiger partial charge in [-0.2, -0.15) is 13.2 Å². The predicted octanol–water partition coefficient (Wildman–Crippen LogP) is 6.55. The number of benzene rings is 2. The molecule has 0 fully saturated rings. The summed E-state index contributed by atoms with van der Waals surface area (Å²) >= 11 is 6.11. The number of hydrogen-bond donors (Lipinski definition) is 1. The van der Waals surface area contributed by atoms with Crippen LogP contribution in [-0.2, 0) is 6.18 Å². The molecule has 0 radical (unpaired) electrons. The molecule has 2 rings (SSSR count). The molecule has 1 N–H and O–H groups in total. The van der Waals surface area contributed by atoms with Crippen LogP contribution < -0.4 is 5.32 Å². The minimum atomic E-state index is -5.14. The number of hydrogen-bond acceptors (Lipinski definition) is 5. The number of rotatable bonds is 4. The Hall–Kier alpha value is -2.28. The molecule has 0 atom stereocenters. The number of nitrogens with zero attached hydrogens (tertiary/aromatic N) is 2. The van der Waals surface area contributed by atoms with Crippen molar-refractivity contribution in [3.8, 4) is 0 Å². The van der Waals surface area contributed by atoms with Gasteiger partial charge in [-0.25, -0.2) is 4.39 Å². The van der Waals surface area contributed by atoms with Crippen molar-refractivity contribution >= 4 is 54.6 Å². The van der Waals surface area contributed by atoms with Crippen LogP contribution in [0.25, 0.3) is 0 Å². The standard InChI is InChI=1S/C15H9Br2F4N3O4/c1-5-10(16)14(11(17)6(2)12(5)18)22-13-8(15(19,20)21)3-7(23(25)26)4-9(13)24(27)28/h3-4,22H,1-2H3. The van der Waals surface area contributed by atoms with Gasteiger partial charge in [0.25, 0.3) is 11.4 Å². The van der Waals surface area contributed by atoms with E-state index >= 15 is 0 Å². The fourth-order valence-corrected chi connectivity index (χ4v) is 3.61. The van der Waals surface area contributed by atoms with Crippen molar-refractivity contribution in [2.45, 2.75) is 20.0 Å². The summed E-state index contributed by atoms with van der Waals surface area (Å²) in [5.74, 6) is -0.626. The van der Waals surface area contributed by atoms with E-state index in [-0.39, 0.29) is 31.8 Å². The molecular weight excluding hydrogens is 522 g/mol. The van der Waals surface area contributed by atoms with Crippen LogP contribution in [0.5, 0.6) is 0 Å². The van der Waals surface area contributed by atoms with Gasteiger partial charge in [-0.1, -0.05) is 0 Å². The first-order valence-corrected chi connectivity index (χ1v) is 8.80. The third-order valence-corrected chi connectivity index (χ3v) is 5.80. The van der Waals surface area contributed by atoms with Gasteiger partial charge in [0.05, 0.1) is 27.2 Å². The van der Waals surface area contributed by atoms with Crippen molar-refractivity contribution in [3.05, 3.63) is 63.8 Å². The van der Waals surface area contributed by atoms with Gasteiger partial charge < -0.3 is 5.32 Å². The smallest absolute Gasteiger partial charge is 0.348 e. The normalized spacial score (nSPS) is 11.4. The van der Waals surface area contributed by atoms with Crippen LogP contribution in [-0.4, -0.2) is 9.85 Å². The Kier molecular flexibility index (Phi) is 5.99. The average Bonchev–Trinajstić information content (AvgIpc) is 2.60. The van der Waals surface area contributed by atoms with Crippen molar-refractivity contribution in [1.82, 2.24) is 0 Å². The second-order valence-corrected chi connectivity index (χ2v) is 7.18. The molecule has 0 aliphatic rings. The van der Waals surface area contributed by atoms with Gasteiger partial charge in [0, 0.05) is 26.1 Å². The van der Waals surface area contributed by atoms with Gasteiger partial charge in [-0.3, -0.25) is 20.2 Å². The Morgan fingerprint density at radius 2 is 1.46 bits per heavy atom. The van der Waals surface area contributed by atoms with E-state index in [1.54, 1.807) is 0 Å². The number of non-ortho nitro benzene ring substituents is 1. The lowest BCUT2D eigenvalue weighted by Gasteiger charge is -2.19. The van der Waals surface area contributed by atoms with Crippen LogP contribution in [0.1, 0.15) is 16.7 Å². The van der Waals surface area contributed by atoms with Crippen LogP contribution in [0, 0.1) is 39.9 Å². The molecule has 0 spiro atoms. The highest BCUT2D eigenvalue weighted by molar-refractivity contribution is 9.11. The first-order valence-electron chi connectivity index (χ1n) is 7.22. The first-order chi connectivity index (χ1) is 12.8. The zero-order valence-corrected chi connectivity index (χ0v) is 17.1. The minimum Gasteiger partial charge on any atom is -0.348 e. The van der Waals surface area contributed by atoms with E-state index in [2.05, 4.69) is 37.2 Å². The van der Waals surface area contributed by atoms with Gasteiger partial charge in [-0.05, 0) is 45.7 Å². The summed E-state index contributed by atoms with van der Waals surface area (Å²) in [6.45, 7) is 2.72. The molecule has 13 heteroatoms. The molecule has 7 nitrogen and oxygen atoms in total. The Labute approximate surface area is 171 Å². The SMILES string of the molecule is Cc1c(F)c(C)c(Br)c(Nc2c([N+](=O)[O-])cc([N+](=O)[O-])cc2C(F)(F)F)c1Br. The van der Waals surface area contributed by atoms with Crippen molar-refractivity contribution in [1.29, 1.82) is 0 Å². The maximum Gasteiger partial charge on any atom is 0.418 e. The molecule has 2 aromatic rings. The maximum absolute atomic E-state index is 14.1. The summed E-state index contributed by atoms with van der Waals surface area (Å²) in [6.07, 6.45) is -5.14. The molecule has 28 heavy (non-hydrogen) atoms. The maximum atomic E-state index is 14.1. The topological polar surface area (TPSA) is 98.3 Å². The lowest BCUT2D eigenvalue weighted by atomic mass is 10.1. The highest BCUT2D eigenvalue weighted by atomic mass is 79.9. The monoisotopic (exact) mass is 529 g/mol. The van der Waals surface area contributed by atoms with Crippen LogP contribution in [0.4, 0.5) is 40.3 Å². The summed E-state index contributed by atoms with van der Waals surface area (Å²) < 4.78 is 54.7. The van der Waals surface area contributed by atoms with Gasteiger partial charge in [0.15, 0.2) is 0 Å². The number of nitrogens with one attached hydrogen (secondary N) is 1. The molecule has 0 bridgehead atoms. The number of anilines is 2. The van der Waals surface area contributed by atoms with Crippen molar-refractivity contribution in [2.24, 2.45) is 0 Å². The van der Waals surface area contributed by atoms with Gasteiger partial charge in [0.1, 0.15) is 11.5 Å². The molecule has 0 saturated carbocycles. The minimum absolute atomic E-state index is 0.0308. The highest BCUT2D eigenvalue weighted by Gasteiger charge is 2.40. The Balaban J connectivity index is 2.87. The predicted molar refractivity (Wildman–Crippen MR) is 99.3 cm³/mol. The Morgan fingerprint density at radius 1 is 0.964 bits per heavy atom. The zero-order chi connectivity index (χ0) is 21.5. The van der Waals surface area contributed by atoms with E-state index in [0.717, 1.165) is 0 Å². The zero-order valence-electron chi connectivity index (χ0n) is 13.9. The van der Waals surface area contributed by atoms with Crippen molar-refractivity contribution in [2.75, 3.05) is 5.32 Å². The Bertz CT molecular complexity index is 983. The molecule has 0 saturated heterocycles. The summed E-state index contributed by atoms with van der Waals surface area (Å²) in [7, 11) is 0. The lowest BCUT2D eigenvalue weighted by Crippen LogP contribution is -2.12. The van der Waals surface area contributed by atoms with E-state index in [0.29, 0.717) is 6.07 Å². The summed E-state index contributed by atoms with van der Waals surface area (Å²) in [4.78, 5) is 19.9. The van der Waals surface area contributed by atoms with E-state index in [1.165, 1.54) is 13.8 Å². The largest absolute Gasteiger partial charge is 0.418 e. The van der Waals surface area contributed by atoms with Crippen LogP contribution in [0.3, 0.4) is 0 Å². The molecule has 0 heterocycles. The van der Waals surface area contributed by atoms with Gasteiger partial charge in [-0.15, -0.1) is 0 Å². The van der Waals surface area contributed by atoms with Crippen molar-refractivity contribution in [3.63, 3.8) is 0 Å². The molecule has 150 valence electrons. The third-order valence-electron chi connectivity index (χ3n) is 3.82. The third kappa shape index (κ3) is 3.94. The second kappa shape index (κ2) is 7.62. The number of alkyl halides is 3. The second-order valence-electron chi connectivity index (χ2n) is 5.59. The van der Waals surface area contributed by atoms with Crippen LogP contribution in [0.15, 0.2) is 21.1 Å². The first kappa shape index (κ1) is 22.0. The highest BCUT2D eigenvalue weighted by Crippen LogP contribution is 2.47. The van der Waals surface area contributed by atoms with Gasteiger partial charge >= 0.3 is 6.18 Å². The molecule has 0 aliphatic heterocycles. The molecule has 2 aromatic carbocycles. The summed E-state index contributed by atoms with van der Waals surface area (Å²) in [5.41, 5.74) is -4.84. The number of nitro groups is 2. The lowest BCUT2D eigenvalue weighted by molar-refractivity contribution is -0.394. The number of halogens is 6. The van der Waals surface area contributed by atoms with E-state index in [9.17, 15) is 37.8 Å². The van der Waals surface area contributed by atoms with Gasteiger partial charge in [0.2, 0.25) is 0 Å². The molecule has 0 aliphatic carbocycles. The van der Waals surface area contributed by atoms with E-state index in [4.69, 9.17) is 0 Å². The quantitative estimate of drug-likeness (QED) is 0.274. The molecule has 0 unspecified atom stereocenters. The Morgan fingerprint density at radius 3 is 1.86 bits per heavy atom. The van der Waals surface area contributed by atoms with E-state index < -0.39 is 44.5 Å². The molecule has 0 amide bonds. The average molecular weight is 531 g/mol. The molecule has 0 aromatic heterocycles. The molecular formula is C15H9Br2F4N3O4. The van der Waals surface area contributed by atoms with Crippen LogP contribution in [0.2, 0.25) is 0 Å². The summed E-state index contributed by atoms with van der Waals surface area (Å²) in [5, 5.41) is 24.5. The van der Waals surface area contributed by atoms with Crippen LogP contribution >= 0.6 is 31.9 Å². The summed E-state index contributed by atoms with van der Waals surface area (Å²) in [6, 6.07) is 0.614. The van der Waals surface area contributed by atoms with Crippen molar-refractivity contribution < 1.29 is 27.4 Å².